The molecule has 4 heteroatoms. The fourth-order valence-corrected chi connectivity index (χ4v) is 5.67. The van der Waals surface area contributed by atoms with Gasteiger partial charge in [-0.2, -0.15) is 0 Å². The highest BCUT2D eigenvalue weighted by Crippen LogP contribution is 2.33. The van der Waals surface area contributed by atoms with E-state index in [0.29, 0.717) is 30.0 Å². The molecule has 2 N–H and O–H groups in total. The summed E-state index contributed by atoms with van der Waals surface area (Å²) in [6.45, 7) is 14.0. The first-order chi connectivity index (χ1) is 18.0. The molecule has 0 heterocycles. The van der Waals surface area contributed by atoms with Crippen molar-refractivity contribution in [2.75, 3.05) is 0 Å². The van der Waals surface area contributed by atoms with Gasteiger partial charge in [-0.15, -0.1) is 4.91 Å². The average molecular weight is 508 g/mol. The Morgan fingerprint density at radius 2 is 0.921 bits per heavy atom. The minimum Gasteiger partial charge on any atom is -0.507 e. The summed E-state index contributed by atoms with van der Waals surface area (Å²) < 4.78 is 0. The number of aromatic hydroxyl groups is 2. The molecule has 0 unspecified atom stereocenters. The predicted octanol–water partition coefficient (Wildman–Crippen LogP) is 8.43. The molecular formula is C34H37NO3. The maximum Gasteiger partial charge on any atom is 0.122 e. The Labute approximate surface area is 226 Å². The van der Waals surface area contributed by atoms with Crippen molar-refractivity contribution in [2.24, 2.45) is 5.18 Å². The van der Waals surface area contributed by atoms with Gasteiger partial charge in [0.25, 0.3) is 0 Å². The summed E-state index contributed by atoms with van der Waals surface area (Å²) in [6, 6.07) is 16.6. The van der Waals surface area contributed by atoms with E-state index in [0.717, 1.165) is 50.9 Å². The van der Waals surface area contributed by atoms with E-state index in [1.54, 1.807) is 0 Å². The lowest BCUT2D eigenvalue weighted by atomic mass is 9.89. The van der Waals surface area contributed by atoms with E-state index in [9.17, 15) is 15.1 Å². The number of phenols is 2. The van der Waals surface area contributed by atoms with Crippen LogP contribution in [-0.2, 0) is 19.3 Å². The third-order valence-corrected chi connectivity index (χ3v) is 7.54. The van der Waals surface area contributed by atoms with E-state index in [4.69, 9.17) is 0 Å². The monoisotopic (exact) mass is 507 g/mol. The van der Waals surface area contributed by atoms with Crippen molar-refractivity contribution in [3.8, 4) is 11.5 Å². The summed E-state index contributed by atoms with van der Waals surface area (Å²) in [5.74, 6) is 0.693. The molecule has 0 bridgehead atoms. The standard InChI is InChI=1S/C34H37NO3/c1-19-8-28(16-27-14-23(5)33(36)24(6)15-27)25(7)29(9-19)18-31-11-20(2)10-30(34(31)37)17-26-12-21(3)32(35-38)22(4)13-26/h8-15,36-37H,16-18H2,1-7H3. The molecule has 0 radical (unpaired) electrons. The summed E-state index contributed by atoms with van der Waals surface area (Å²) in [5, 5.41) is 24.7. The normalized spacial score (nSPS) is 11.1. The second-order valence-electron chi connectivity index (χ2n) is 10.9. The Kier molecular flexibility index (Phi) is 7.73. The maximum atomic E-state index is 11.3. The summed E-state index contributed by atoms with van der Waals surface area (Å²) in [6.07, 6.45) is 2.01. The van der Waals surface area contributed by atoms with Gasteiger partial charge in [0.2, 0.25) is 0 Å². The molecule has 38 heavy (non-hydrogen) atoms. The first-order valence-corrected chi connectivity index (χ1v) is 13.1. The fraction of sp³-hybridized carbons (Fsp3) is 0.294. The molecule has 4 rings (SSSR count). The van der Waals surface area contributed by atoms with Crippen molar-refractivity contribution >= 4 is 5.69 Å². The summed E-state index contributed by atoms with van der Waals surface area (Å²) >= 11 is 0. The van der Waals surface area contributed by atoms with Crippen LogP contribution in [0.2, 0.25) is 0 Å². The Balaban J connectivity index is 1.67. The van der Waals surface area contributed by atoms with Gasteiger partial charge >= 0.3 is 0 Å². The van der Waals surface area contributed by atoms with Crippen molar-refractivity contribution < 1.29 is 10.2 Å². The molecule has 0 fully saturated rings. The van der Waals surface area contributed by atoms with Crippen molar-refractivity contribution in [1.29, 1.82) is 0 Å². The van der Waals surface area contributed by atoms with Gasteiger partial charge in [0.05, 0.1) is 0 Å². The van der Waals surface area contributed by atoms with Crippen LogP contribution < -0.4 is 0 Å². The molecule has 0 aliphatic rings. The number of hydrogen-bond donors (Lipinski definition) is 2. The topological polar surface area (TPSA) is 69.9 Å². The smallest absolute Gasteiger partial charge is 0.122 e. The Morgan fingerprint density at radius 3 is 1.42 bits per heavy atom. The third kappa shape index (κ3) is 5.65. The average Bonchev–Trinajstić information content (AvgIpc) is 2.83. The number of phenolic OH excluding ortho intramolecular Hbond substituents is 2. The Morgan fingerprint density at radius 1 is 0.526 bits per heavy atom. The molecule has 4 nitrogen and oxygen atoms in total. The number of nitrogens with zero attached hydrogens (tertiary/aromatic N) is 1. The quantitative estimate of drug-likeness (QED) is 0.247. The van der Waals surface area contributed by atoms with Crippen LogP contribution in [0.3, 0.4) is 0 Å². The molecule has 0 amide bonds. The molecule has 0 atom stereocenters. The molecule has 0 spiro atoms. The first-order valence-electron chi connectivity index (χ1n) is 13.1. The van der Waals surface area contributed by atoms with Gasteiger partial charge in [0.1, 0.15) is 17.2 Å². The van der Waals surface area contributed by atoms with Gasteiger partial charge in [-0.3, -0.25) is 0 Å². The zero-order valence-electron chi connectivity index (χ0n) is 23.5. The van der Waals surface area contributed by atoms with E-state index < -0.39 is 0 Å². The van der Waals surface area contributed by atoms with Gasteiger partial charge in [-0.05, 0) is 121 Å². The van der Waals surface area contributed by atoms with Crippen molar-refractivity contribution in [1.82, 2.24) is 0 Å². The van der Waals surface area contributed by atoms with E-state index >= 15 is 0 Å². The minimum atomic E-state index is 0.329. The minimum absolute atomic E-state index is 0.329. The lowest BCUT2D eigenvalue weighted by molar-refractivity contribution is 0.463. The molecule has 4 aromatic carbocycles. The second kappa shape index (κ2) is 10.8. The van der Waals surface area contributed by atoms with Crippen LogP contribution in [0.1, 0.15) is 72.3 Å². The Bertz CT molecular complexity index is 1500. The number of hydrogen-bond acceptors (Lipinski definition) is 4. The summed E-state index contributed by atoms with van der Waals surface area (Å²) in [7, 11) is 0. The SMILES string of the molecule is Cc1cc(Cc2cc(C)c(O)c(C)c2)c(C)c(Cc2cc(C)cc(Cc3cc(C)c(N=O)c(C)c3)c2O)c1. The largest absolute Gasteiger partial charge is 0.507 e. The molecule has 0 aliphatic carbocycles. The second-order valence-corrected chi connectivity index (χ2v) is 10.9. The van der Waals surface area contributed by atoms with E-state index in [2.05, 4.69) is 56.3 Å². The van der Waals surface area contributed by atoms with E-state index in [1.165, 1.54) is 27.8 Å². The third-order valence-electron chi connectivity index (χ3n) is 7.54. The summed E-state index contributed by atoms with van der Waals surface area (Å²) in [5.41, 5.74) is 14.0. The van der Waals surface area contributed by atoms with Crippen molar-refractivity contribution in [2.45, 2.75) is 67.7 Å². The molecule has 4 aromatic rings. The highest BCUT2D eigenvalue weighted by molar-refractivity contribution is 5.56. The lowest BCUT2D eigenvalue weighted by Crippen LogP contribution is -2.02. The first kappa shape index (κ1) is 27.1. The number of aryl methyl sites for hydroxylation is 6. The molecular weight excluding hydrogens is 470 g/mol. The number of rotatable bonds is 7. The van der Waals surface area contributed by atoms with Gasteiger partial charge in [-0.25, -0.2) is 0 Å². The number of benzene rings is 4. The van der Waals surface area contributed by atoms with Crippen LogP contribution in [0.5, 0.6) is 11.5 Å². The fourth-order valence-electron chi connectivity index (χ4n) is 5.67. The van der Waals surface area contributed by atoms with Crippen LogP contribution in [0.15, 0.2) is 53.7 Å². The highest BCUT2D eigenvalue weighted by atomic mass is 16.3. The molecule has 0 saturated heterocycles. The predicted molar refractivity (Wildman–Crippen MR) is 156 cm³/mol. The molecule has 0 aliphatic heterocycles. The van der Waals surface area contributed by atoms with Crippen LogP contribution >= 0.6 is 0 Å². The highest BCUT2D eigenvalue weighted by Gasteiger charge is 2.15. The molecule has 0 saturated carbocycles. The Hall–Kier alpha value is -3.92. The summed E-state index contributed by atoms with van der Waals surface area (Å²) in [4.78, 5) is 11.2. The molecule has 196 valence electrons. The van der Waals surface area contributed by atoms with Gasteiger partial charge < -0.3 is 10.2 Å². The van der Waals surface area contributed by atoms with E-state index in [-0.39, 0.29) is 0 Å². The van der Waals surface area contributed by atoms with Gasteiger partial charge in [-0.1, -0.05) is 59.7 Å². The van der Waals surface area contributed by atoms with Gasteiger partial charge in [0, 0.05) is 12.8 Å². The van der Waals surface area contributed by atoms with Crippen LogP contribution in [0.25, 0.3) is 0 Å². The number of nitroso groups, excluding NO2 is 1. The van der Waals surface area contributed by atoms with E-state index in [1.807, 2.05) is 45.9 Å². The zero-order valence-corrected chi connectivity index (χ0v) is 23.5. The van der Waals surface area contributed by atoms with Crippen LogP contribution in [-0.4, -0.2) is 10.2 Å². The zero-order chi connectivity index (χ0) is 27.7. The van der Waals surface area contributed by atoms with Crippen molar-refractivity contribution in [3.63, 3.8) is 0 Å². The molecule has 0 aromatic heterocycles. The van der Waals surface area contributed by atoms with Crippen LogP contribution in [0, 0.1) is 53.4 Å². The lowest BCUT2D eigenvalue weighted by Gasteiger charge is -2.17. The maximum absolute atomic E-state index is 11.3. The van der Waals surface area contributed by atoms with Crippen LogP contribution in [0.4, 0.5) is 5.69 Å². The van der Waals surface area contributed by atoms with Gasteiger partial charge in [0.15, 0.2) is 0 Å². The van der Waals surface area contributed by atoms with Crippen molar-refractivity contribution in [3.05, 3.63) is 126 Å².